The Bertz CT molecular complexity index is 900. The van der Waals surface area contributed by atoms with Crippen molar-refractivity contribution in [2.45, 2.75) is 37.5 Å². The molecule has 2 aromatic carbocycles. The molecule has 2 rings (SSSR count). The topological polar surface area (TPSA) is 86.3 Å². The van der Waals surface area contributed by atoms with Crippen LogP contribution in [-0.4, -0.2) is 20.9 Å². The molecule has 0 bridgehead atoms. The minimum absolute atomic E-state index is 0.0294. The first kappa shape index (κ1) is 20.1. The predicted octanol–water partition coefficient (Wildman–Crippen LogP) is 2.01. The lowest BCUT2D eigenvalue weighted by molar-refractivity contribution is -0.255. The van der Waals surface area contributed by atoms with Gasteiger partial charge in [0.1, 0.15) is 10.7 Å². The molecule has 0 spiro atoms. The van der Waals surface area contributed by atoms with E-state index in [4.69, 9.17) is 0 Å². The largest absolute Gasteiger partial charge is 0.545 e. The fraction of sp³-hybridized carbons (Fsp3) is 0.316. The number of hydrogen-bond donors (Lipinski definition) is 1. The van der Waals surface area contributed by atoms with Gasteiger partial charge in [0, 0.05) is 6.54 Å². The van der Waals surface area contributed by atoms with Crippen molar-refractivity contribution in [3.8, 4) is 0 Å². The van der Waals surface area contributed by atoms with Crippen molar-refractivity contribution in [2.24, 2.45) is 0 Å². The third-order valence-electron chi connectivity index (χ3n) is 3.98. The number of benzene rings is 2. The Hall–Kier alpha value is -2.25. The van der Waals surface area contributed by atoms with Gasteiger partial charge in [-0.15, -0.1) is 0 Å². The Morgan fingerprint density at radius 1 is 1.12 bits per heavy atom. The normalized spacial score (nSPS) is 12.2. The Kier molecular flexibility index (Phi) is 5.83. The highest BCUT2D eigenvalue weighted by molar-refractivity contribution is 7.89. The molecule has 0 radical (unpaired) electrons. The van der Waals surface area contributed by atoms with Crippen molar-refractivity contribution in [2.75, 3.05) is 6.54 Å². The molecule has 0 aliphatic heterocycles. The van der Waals surface area contributed by atoms with Crippen LogP contribution in [0, 0.1) is 5.82 Å². The maximum absolute atomic E-state index is 13.8. The molecule has 140 valence electrons. The van der Waals surface area contributed by atoms with Crippen molar-refractivity contribution in [1.82, 2.24) is 4.72 Å². The third-order valence-corrected chi connectivity index (χ3v) is 5.46. The Balaban J connectivity index is 2.07. The van der Waals surface area contributed by atoms with Gasteiger partial charge >= 0.3 is 0 Å². The van der Waals surface area contributed by atoms with E-state index < -0.39 is 32.3 Å². The van der Waals surface area contributed by atoms with Gasteiger partial charge in [-0.3, -0.25) is 0 Å². The molecule has 1 N–H and O–H groups in total. The summed E-state index contributed by atoms with van der Waals surface area (Å²) in [6.07, 6.45) is 0.422. The zero-order valence-electron chi connectivity index (χ0n) is 14.9. The van der Waals surface area contributed by atoms with Crippen LogP contribution in [0.4, 0.5) is 4.39 Å². The van der Waals surface area contributed by atoms with Crippen LogP contribution in [0.25, 0.3) is 0 Å². The summed E-state index contributed by atoms with van der Waals surface area (Å²) in [5.74, 6) is -2.59. The van der Waals surface area contributed by atoms with Crippen molar-refractivity contribution < 1.29 is 22.7 Å². The molecule has 7 heteroatoms. The van der Waals surface area contributed by atoms with Crippen LogP contribution in [-0.2, 0) is 21.9 Å². The van der Waals surface area contributed by atoms with E-state index in [1.165, 1.54) is 5.56 Å². The molecule has 5 nitrogen and oxygen atoms in total. The summed E-state index contributed by atoms with van der Waals surface area (Å²) in [6, 6.07) is 10.3. The summed E-state index contributed by atoms with van der Waals surface area (Å²) < 4.78 is 40.6. The molecule has 0 saturated heterocycles. The Morgan fingerprint density at radius 3 is 2.27 bits per heavy atom. The zero-order valence-corrected chi connectivity index (χ0v) is 15.7. The molecule has 0 aromatic heterocycles. The van der Waals surface area contributed by atoms with Gasteiger partial charge < -0.3 is 9.90 Å². The molecule has 0 unspecified atom stereocenters. The summed E-state index contributed by atoms with van der Waals surface area (Å²) in [4.78, 5) is 10.1. The minimum Gasteiger partial charge on any atom is -0.545 e. The number of sulfonamides is 1. The summed E-state index contributed by atoms with van der Waals surface area (Å²) in [5.41, 5.74) is 1.74. The van der Waals surface area contributed by atoms with Gasteiger partial charge in [-0.2, -0.15) is 0 Å². The van der Waals surface area contributed by atoms with Gasteiger partial charge in [-0.25, -0.2) is 17.5 Å². The Labute approximate surface area is 152 Å². The second-order valence-corrected chi connectivity index (χ2v) is 8.76. The van der Waals surface area contributed by atoms with Crippen LogP contribution in [0.1, 0.15) is 42.3 Å². The van der Waals surface area contributed by atoms with Crippen molar-refractivity contribution in [1.29, 1.82) is 0 Å². The van der Waals surface area contributed by atoms with E-state index in [1.54, 1.807) is 0 Å². The molecule has 0 fully saturated rings. The second kappa shape index (κ2) is 7.55. The van der Waals surface area contributed by atoms with E-state index in [9.17, 15) is 22.7 Å². The highest BCUT2D eigenvalue weighted by atomic mass is 32.2. The standard InChI is InChI=1S/C19H22FNO4S/c1-19(2,3)15-7-4-13(5-8-15)10-11-21-26(24,25)17-12-14(18(22)23)6-9-16(17)20/h4-9,12,21H,10-11H2,1-3H3,(H,22,23)/p-1. The number of halogens is 1. The Morgan fingerprint density at radius 2 is 1.73 bits per heavy atom. The lowest BCUT2D eigenvalue weighted by Gasteiger charge is -2.19. The SMILES string of the molecule is CC(C)(C)c1ccc(CCNS(=O)(=O)c2cc(C(=O)[O-])ccc2F)cc1. The zero-order chi connectivity index (χ0) is 19.5. The summed E-state index contributed by atoms with van der Waals surface area (Å²) in [7, 11) is -4.16. The van der Waals surface area contributed by atoms with Crippen LogP contribution in [0.15, 0.2) is 47.4 Å². The molecule has 0 aliphatic carbocycles. The third kappa shape index (κ3) is 4.89. The van der Waals surface area contributed by atoms with Gasteiger partial charge in [0.05, 0.1) is 5.97 Å². The molecule has 0 heterocycles. The number of carbonyl (C=O) groups excluding carboxylic acids is 1. The second-order valence-electron chi connectivity index (χ2n) is 7.03. The number of carbonyl (C=O) groups is 1. The number of hydrogen-bond acceptors (Lipinski definition) is 4. The lowest BCUT2D eigenvalue weighted by Crippen LogP contribution is -2.28. The minimum atomic E-state index is -4.16. The fourth-order valence-electron chi connectivity index (χ4n) is 2.42. The quantitative estimate of drug-likeness (QED) is 0.833. The van der Waals surface area contributed by atoms with Crippen LogP contribution in [0.5, 0.6) is 0 Å². The van der Waals surface area contributed by atoms with E-state index in [2.05, 4.69) is 25.5 Å². The van der Waals surface area contributed by atoms with Crippen LogP contribution < -0.4 is 9.83 Å². The van der Waals surface area contributed by atoms with Gasteiger partial charge in [-0.05, 0) is 40.7 Å². The molecule has 26 heavy (non-hydrogen) atoms. The average Bonchev–Trinajstić information content (AvgIpc) is 2.54. The van der Waals surface area contributed by atoms with Gasteiger partial charge in [0.2, 0.25) is 10.0 Å². The first-order chi connectivity index (χ1) is 12.0. The van der Waals surface area contributed by atoms with E-state index >= 15 is 0 Å². The number of nitrogens with one attached hydrogen (secondary N) is 1. The van der Waals surface area contributed by atoms with Crippen LogP contribution >= 0.6 is 0 Å². The van der Waals surface area contributed by atoms with E-state index in [1.807, 2.05) is 24.3 Å². The summed E-state index contributed by atoms with van der Waals surface area (Å²) in [6.45, 7) is 6.37. The number of rotatable bonds is 6. The maximum atomic E-state index is 13.8. The van der Waals surface area contributed by atoms with Gasteiger partial charge in [-0.1, -0.05) is 51.1 Å². The van der Waals surface area contributed by atoms with Gasteiger partial charge in [0.25, 0.3) is 0 Å². The smallest absolute Gasteiger partial charge is 0.243 e. The van der Waals surface area contributed by atoms with E-state index in [0.717, 1.165) is 23.8 Å². The molecule has 0 aliphatic rings. The van der Waals surface area contributed by atoms with Crippen molar-refractivity contribution >= 4 is 16.0 Å². The molecular formula is C19H21FNO4S-. The fourth-order valence-corrected chi connectivity index (χ4v) is 3.55. The monoisotopic (exact) mass is 378 g/mol. The number of aromatic carboxylic acids is 1. The van der Waals surface area contributed by atoms with E-state index in [-0.39, 0.29) is 12.0 Å². The van der Waals surface area contributed by atoms with E-state index in [0.29, 0.717) is 6.42 Å². The number of carboxylic acid groups (broad SMARTS) is 1. The van der Waals surface area contributed by atoms with Crippen molar-refractivity contribution in [3.05, 3.63) is 65.0 Å². The highest BCUT2D eigenvalue weighted by Gasteiger charge is 2.19. The van der Waals surface area contributed by atoms with Crippen molar-refractivity contribution in [3.63, 3.8) is 0 Å². The van der Waals surface area contributed by atoms with Gasteiger partial charge in [0.15, 0.2) is 0 Å². The predicted molar refractivity (Wildman–Crippen MR) is 94.8 cm³/mol. The molecule has 0 atom stereocenters. The summed E-state index contributed by atoms with van der Waals surface area (Å²) >= 11 is 0. The molecule has 0 saturated carbocycles. The van der Waals surface area contributed by atoms with Crippen LogP contribution in [0.2, 0.25) is 0 Å². The molecule has 0 amide bonds. The maximum Gasteiger partial charge on any atom is 0.243 e. The average molecular weight is 378 g/mol. The highest BCUT2D eigenvalue weighted by Crippen LogP contribution is 2.22. The first-order valence-corrected chi connectivity index (χ1v) is 9.59. The number of carboxylic acids is 1. The lowest BCUT2D eigenvalue weighted by atomic mass is 9.86. The molecule has 2 aromatic rings. The summed E-state index contributed by atoms with van der Waals surface area (Å²) in [5, 5.41) is 10.8. The van der Waals surface area contributed by atoms with Crippen LogP contribution in [0.3, 0.4) is 0 Å². The first-order valence-electron chi connectivity index (χ1n) is 8.11. The molecular weight excluding hydrogens is 357 g/mol.